The van der Waals surface area contributed by atoms with E-state index in [9.17, 15) is 0 Å². The van der Waals surface area contributed by atoms with Gasteiger partial charge in [0.1, 0.15) is 5.69 Å². The topological polar surface area (TPSA) is 55.3 Å². The molecule has 0 aliphatic carbocycles. The molecule has 1 aromatic heterocycles. The van der Waals surface area contributed by atoms with E-state index in [-0.39, 0.29) is 0 Å². The maximum absolute atomic E-state index is 5.80. The highest BCUT2D eigenvalue weighted by molar-refractivity contribution is 5.59. The first kappa shape index (κ1) is 13.3. The Hall–Kier alpha value is -1.65. The lowest BCUT2D eigenvalue weighted by molar-refractivity contribution is 0.219. The number of aromatic nitrogens is 1. The van der Waals surface area contributed by atoms with Gasteiger partial charge in [0.2, 0.25) is 0 Å². The van der Waals surface area contributed by atoms with E-state index in [4.69, 9.17) is 10.3 Å². The minimum atomic E-state index is 0.489. The monoisotopic (exact) mass is 271 g/mol. The summed E-state index contributed by atoms with van der Waals surface area (Å²) in [6.07, 6.45) is 2.41. The molecule has 4 heteroatoms. The summed E-state index contributed by atoms with van der Waals surface area (Å²) in [5.41, 5.74) is 9.06. The summed E-state index contributed by atoms with van der Waals surface area (Å²) < 4.78 is 5.47. The zero-order valence-corrected chi connectivity index (χ0v) is 11.9. The highest BCUT2D eigenvalue weighted by Crippen LogP contribution is 2.23. The minimum Gasteiger partial charge on any atom is -0.359 e. The van der Waals surface area contributed by atoms with Gasteiger partial charge in [-0.05, 0) is 26.3 Å². The molecule has 1 atom stereocenters. The van der Waals surface area contributed by atoms with E-state index in [1.54, 1.807) is 0 Å². The van der Waals surface area contributed by atoms with E-state index in [1.807, 2.05) is 6.07 Å². The number of aryl methyl sites for hydroxylation is 1. The largest absolute Gasteiger partial charge is 0.359 e. The van der Waals surface area contributed by atoms with Crippen LogP contribution in [0.15, 0.2) is 34.9 Å². The Kier molecular flexibility index (Phi) is 3.85. The van der Waals surface area contributed by atoms with E-state index in [1.165, 1.54) is 18.4 Å². The van der Waals surface area contributed by atoms with Crippen LogP contribution in [-0.4, -0.2) is 29.2 Å². The minimum absolute atomic E-state index is 0.489. The van der Waals surface area contributed by atoms with Gasteiger partial charge in [-0.1, -0.05) is 35.0 Å². The molecule has 2 heterocycles. The standard InChI is InChI=1S/C16H21N3O/c1-12-4-6-13(7-5-12)16-9-15(20-18-16)11-19-8-2-3-14(19)10-17/h4-7,9,14H,2-3,8,10-11,17H2,1H3. The van der Waals surface area contributed by atoms with Crippen LogP contribution < -0.4 is 5.73 Å². The average Bonchev–Trinajstić information content (AvgIpc) is 3.09. The van der Waals surface area contributed by atoms with E-state index >= 15 is 0 Å². The van der Waals surface area contributed by atoms with Gasteiger partial charge in [-0.3, -0.25) is 4.90 Å². The Morgan fingerprint density at radius 3 is 2.90 bits per heavy atom. The van der Waals surface area contributed by atoms with E-state index in [2.05, 4.69) is 41.2 Å². The number of benzene rings is 1. The van der Waals surface area contributed by atoms with Crippen molar-refractivity contribution in [1.82, 2.24) is 10.1 Å². The van der Waals surface area contributed by atoms with Crippen LogP contribution in [0, 0.1) is 6.92 Å². The van der Waals surface area contributed by atoms with Gasteiger partial charge in [-0.25, -0.2) is 0 Å². The quantitative estimate of drug-likeness (QED) is 0.928. The second kappa shape index (κ2) is 5.77. The van der Waals surface area contributed by atoms with Crippen LogP contribution >= 0.6 is 0 Å². The summed E-state index contributed by atoms with van der Waals surface area (Å²) in [7, 11) is 0. The van der Waals surface area contributed by atoms with Crippen molar-refractivity contribution in [2.45, 2.75) is 32.4 Å². The van der Waals surface area contributed by atoms with Gasteiger partial charge >= 0.3 is 0 Å². The van der Waals surface area contributed by atoms with E-state index in [0.717, 1.165) is 36.7 Å². The molecule has 0 saturated carbocycles. The van der Waals surface area contributed by atoms with Crippen LogP contribution in [0.2, 0.25) is 0 Å². The molecule has 2 aromatic rings. The highest BCUT2D eigenvalue weighted by Gasteiger charge is 2.24. The fourth-order valence-electron chi connectivity index (χ4n) is 2.82. The number of likely N-dealkylation sites (tertiary alicyclic amines) is 1. The molecule has 106 valence electrons. The van der Waals surface area contributed by atoms with Crippen molar-refractivity contribution in [3.8, 4) is 11.3 Å². The van der Waals surface area contributed by atoms with Crippen molar-refractivity contribution in [2.75, 3.05) is 13.1 Å². The number of hydrogen-bond acceptors (Lipinski definition) is 4. The highest BCUT2D eigenvalue weighted by atomic mass is 16.5. The Morgan fingerprint density at radius 2 is 2.15 bits per heavy atom. The third-order valence-corrected chi connectivity index (χ3v) is 4.04. The van der Waals surface area contributed by atoms with Crippen LogP contribution in [0.25, 0.3) is 11.3 Å². The van der Waals surface area contributed by atoms with Crippen molar-refractivity contribution in [3.05, 3.63) is 41.7 Å². The maximum atomic E-state index is 5.80. The lowest BCUT2D eigenvalue weighted by Gasteiger charge is -2.21. The van der Waals surface area contributed by atoms with Gasteiger partial charge in [0, 0.05) is 24.2 Å². The number of nitrogens with two attached hydrogens (primary N) is 1. The lowest BCUT2D eigenvalue weighted by atomic mass is 10.1. The van der Waals surface area contributed by atoms with Gasteiger partial charge in [-0.2, -0.15) is 0 Å². The summed E-state index contributed by atoms with van der Waals surface area (Å²) in [6.45, 7) is 4.71. The molecule has 0 spiro atoms. The average molecular weight is 271 g/mol. The first-order chi connectivity index (χ1) is 9.76. The first-order valence-corrected chi connectivity index (χ1v) is 7.23. The molecule has 1 aliphatic rings. The summed E-state index contributed by atoms with van der Waals surface area (Å²) in [4.78, 5) is 2.39. The molecule has 2 N–H and O–H groups in total. The summed E-state index contributed by atoms with van der Waals surface area (Å²) in [6, 6.07) is 10.9. The zero-order valence-electron chi connectivity index (χ0n) is 11.9. The smallest absolute Gasteiger partial charge is 0.151 e. The van der Waals surface area contributed by atoms with Gasteiger partial charge in [0.05, 0.1) is 6.54 Å². The van der Waals surface area contributed by atoms with Crippen LogP contribution in [0.4, 0.5) is 0 Å². The number of rotatable bonds is 4. The summed E-state index contributed by atoms with van der Waals surface area (Å²) >= 11 is 0. The molecule has 1 aromatic carbocycles. The van der Waals surface area contributed by atoms with Crippen LogP contribution in [0.3, 0.4) is 0 Å². The van der Waals surface area contributed by atoms with Crippen molar-refractivity contribution < 1.29 is 4.52 Å². The number of nitrogens with zero attached hydrogens (tertiary/aromatic N) is 2. The fourth-order valence-corrected chi connectivity index (χ4v) is 2.82. The van der Waals surface area contributed by atoms with Crippen LogP contribution in [0.5, 0.6) is 0 Å². The van der Waals surface area contributed by atoms with Gasteiger partial charge in [0.25, 0.3) is 0 Å². The Balaban J connectivity index is 1.72. The summed E-state index contributed by atoms with van der Waals surface area (Å²) in [5, 5.41) is 4.18. The van der Waals surface area contributed by atoms with Crippen molar-refractivity contribution in [1.29, 1.82) is 0 Å². The fraction of sp³-hybridized carbons (Fsp3) is 0.438. The van der Waals surface area contributed by atoms with Gasteiger partial charge in [-0.15, -0.1) is 0 Å². The SMILES string of the molecule is Cc1ccc(-c2cc(CN3CCCC3CN)on2)cc1. The molecular formula is C16H21N3O. The van der Waals surface area contributed by atoms with Crippen LogP contribution in [-0.2, 0) is 6.54 Å². The van der Waals surface area contributed by atoms with E-state index in [0.29, 0.717) is 6.04 Å². The molecule has 0 radical (unpaired) electrons. The summed E-state index contributed by atoms with van der Waals surface area (Å²) in [5.74, 6) is 0.918. The van der Waals surface area contributed by atoms with Gasteiger partial charge in [0.15, 0.2) is 5.76 Å². The van der Waals surface area contributed by atoms with Crippen molar-refractivity contribution in [3.63, 3.8) is 0 Å². The molecule has 1 saturated heterocycles. The maximum Gasteiger partial charge on any atom is 0.151 e. The van der Waals surface area contributed by atoms with Crippen molar-refractivity contribution >= 4 is 0 Å². The molecule has 1 unspecified atom stereocenters. The predicted octanol–water partition coefficient (Wildman–Crippen LogP) is 2.57. The third-order valence-electron chi connectivity index (χ3n) is 4.04. The van der Waals surface area contributed by atoms with Crippen LogP contribution in [0.1, 0.15) is 24.2 Å². The molecule has 20 heavy (non-hydrogen) atoms. The number of hydrogen-bond donors (Lipinski definition) is 1. The molecular weight excluding hydrogens is 250 g/mol. The Morgan fingerprint density at radius 1 is 1.35 bits per heavy atom. The molecule has 1 fully saturated rings. The molecule has 3 rings (SSSR count). The third kappa shape index (κ3) is 2.76. The first-order valence-electron chi connectivity index (χ1n) is 7.23. The molecule has 0 amide bonds. The van der Waals surface area contributed by atoms with Crippen molar-refractivity contribution in [2.24, 2.45) is 5.73 Å². The zero-order chi connectivity index (χ0) is 13.9. The normalized spacial score (nSPS) is 19.6. The predicted molar refractivity (Wildman–Crippen MR) is 79.2 cm³/mol. The Bertz CT molecular complexity index is 561. The second-order valence-corrected chi connectivity index (χ2v) is 5.55. The second-order valence-electron chi connectivity index (χ2n) is 5.55. The molecule has 0 bridgehead atoms. The van der Waals surface area contributed by atoms with E-state index < -0.39 is 0 Å². The molecule has 1 aliphatic heterocycles. The molecule has 4 nitrogen and oxygen atoms in total. The lowest BCUT2D eigenvalue weighted by Crippen LogP contribution is -2.34. The van der Waals surface area contributed by atoms with Gasteiger partial charge < -0.3 is 10.3 Å². The Labute approximate surface area is 119 Å².